The van der Waals surface area contributed by atoms with Crippen molar-refractivity contribution in [2.24, 2.45) is 0 Å². The van der Waals surface area contributed by atoms with Crippen LogP contribution in [0.2, 0.25) is 0 Å². The van der Waals surface area contributed by atoms with Gasteiger partial charge in [-0.25, -0.2) is 0 Å². The predicted octanol–water partition coefficient (Wildman–Crippen LogP) is 1.03. The van der Waals surface area contributed by atoms with E-state index in [2.05, 4.69) is 0 Å². The fourth-order valence-corrected chi connectivity index (χ4v) is 1.29. The molecule has 1 N–H and O–H groups in total. The van der Waals surface area contributed by atoms with E-state index in [4.69, 9.17) is 9.84 Å². The molecule has 4 nitrogen and oxygen atoms in total. The molecule has 0 aliphatic heterocycles. The van der Waals surface area contributed by atoms with Gasteiger partial charge in [0.25, 0.3) is 5.91 Å². The van der Waals surface area contributed by atoms with E-state index in [1.165, 1.54) is 4.90 Å². The van der Waals surface area contributed by atoms with Gasteiger partial charge in [0.1, 0.15) is 5.75 Å². The minimum Gasteiger partial charge on any atom is -0.481 e. The molecule has 0 aliphatic rings. The van der Waals surface area contributed by atoms with Crippen LogP contribution in [0.5, 0.6) is 5.75 Å². The quantitative estimate of drug-likeness (QED) is 0.829. The van der Waals surface area contributed by atoms with Crippen molar-refractivity contribution in [3.8, 4) is 5.75 Å². The van der Waals surface area contributed by atoms with Crippen LogP contribution in [0.1, 0.15) is 12.5 Å². The van der Waals surface area contributed by atoms with Gasteiger partial charge in [0.2, 0.25) is 0 Å². The van der Waals surface area contributed by atoms with Crippen LogP contribution in [0.4, 0.5) is 0 Å². The Kier molecular flexibility index (Phi) is 4.31. The Morgan fingerprint density at radius 2 is 1.94 bits per heavy atom. The molecular formula is C12H17NO3. The van der Waals surface area contributed by atoms with E-state index < -0.39 is 6.10 Å². The Hall–Kier alpha value is -1.55. The molecule has 1 aromatic rings. The lowest BCUT2D eigenvalue weighted by molar-refractivity contribution is -0.135. The van der Waals surface area contributed by atoms with Crippen molar-refractivity contribution in [2.45, 2.75) is 19.6 Å². The number of amides is 1. The summed E-state index contributed by atoms with van der Waals surface area (Å²) in [4.78, 5) is 13.0. The number of rotatable bonds is 4. The summed E-state index contributed by atoms with van der Waals surface area (Å²) < 4.78 is 5.46. The van der Waals surface area contributed by atoms with E-state index in [1.807, 2.05) is 0 Å². The van der Waals surface area contributed by atoms with Crippen molar-refractivity contribution in [1.82, 2.24) is 4.90 Å². The van der Waals surface area contributed by atoms with Crippen molar-refractivity contribution >= 4 is 5.91 Å². The lowest BCUT2D eigenvalue weighted by Crippen LogP contribution is -2.35. The topological polar surface area (TPSA) is 49.8 Å². The molecule has 1 unspecified atom stereocenters. The first kappa shape index (κ1) is 12.5. The summed E-state index contributed by atoms with van der Waals surface area (Å²) in [6.07, 6.45) is -0.505. The largest absolute Gasteiger partial charge is 0.481 e. The van der Waals surface area contributed by atoms with E-state index in [0.29, 0.717) is 5.75 Å². The Morgan fingerprint density at radius 1 is 1.38 bits per heavy atom. The molecule has 0 fully saturated rings. The Morgan fingerprint density at radius 3 is 2.38 bits per heavy atom. The molecule has 0 saturated heterocycles. The second-order valence-electron chi connectivity index (χ2n) is 3.79. The van der Waals surface area contributed by atoms with Gasteiger partial charge < -0.3 is 14.7 Å². The first-order chi connectivity index (χ1) is 7.54. The number of benzene rings is 1. The highest BCUT2D eigenvalue weighted by Gasteiger charge is 2.16. The van der Waals surface area contributed by atoms with Crippen molar-refractivity contribution < 1.29 is 14.6 Å². The molecule has 0 bridgehead atoms. The van der Waals surface area contributed by atoms with Gasteiger partial charge in [0.15, 0.2) is 6.10 Å². The maximum atomic E-state index is 11.5. The molecule has 0 heterocycles. The summed E-state index contributed by atoms with van der Waals surface area (Å²) in [5.41, 5.74) is 0.818. The summed E-state index contributed by atoms with van der Waals surface area (Å²) in [7, 11) is 3.38. The van der Waals surface area contributed by atoms with Crippen LogP contribution in [-0.2, 0) is 11.4 Å². The predicted molar refractivity (Wildman–Crippen MR) is 61.1 cm³/mol. The molecule has 1 atom stereocenters. The van der Waals surface area contributed by atoms with Gasteiger partial charge in [-0.1, -0.05) is 12.1 Å². The van der Waals surface area contributed by atoms with E-state index in [9.17, 15) is 4.79 Å². The molecule has 88 valence electrons. The zero-order valence-electron chi connectivity index (χ0n) is 9.80. The number of nitrogens with zero attached hydrogens (tertiary/aromatic N) is 1. The number of hydrogen-bond acceptors (Lipinski definition) is 3. The van der Waals surface area contributed by atoms with Gasteiger partial charge in [-0.3, -0.25) is 4.79 Å². The van der Waals surface area contributed by atoms with Gasteiger partial charge in [0, 0.05) is 14.1 Å². The van der Waals surface area contributed by atoms with Crippen LogP contribution in [0.3, 0.4) is 0 Å². The van der Waals surface area contributed by atoms with Gasteiger partial charge in [0.05, 0.1) is 6.61 Å². The normalized spacial score (nSPS) is 12.0. The molecule has 0 saturated carbocycles. The highest BCUT2D eigenvalue weighted by atomic mass is 16.5. The molecule has 16 heavy (non-hydrogen) atoms. The Labute approximate surface area is 95.5 Å². The zero-order valence-corrected chi connectivity index (χ0v) is 9.80. The average molecular weight is 223 g/mol. The summed E-state index contributed by atoms with van der Waals surface area (Å²) in [5.74, 6) is 0.547. The van der Waals surface area contributed by atoms with E-state index in [1.54, 1.807) is 45.3 Å². The number of carbonyl (C=O) groups is 1. The molecule has 1 rings (SSSR count). The van der Waals surface area contributed by atoms with E-state index >= 15 is 0 Å². The summed E-state index contributed by atoms with van der Waals surface area (Å²) in [5, 5.41) is 8.87. The number of ether oxygens (including phenoxy) is 1. The standard InChI is InChI=1S/C12H17NO3/c1-9(12(15)13(2)3)16-11-6-4-10(8-14)5-7-11/h4-7,9,14H,8H2,1-3H3. The molecule has 0 radical (unpaired) electrons. The lowest BCUT2D eigenvalue weighted by Gasteiger charge is -2.18. The van der Waals surface area contributed by atoms with Crippen molar-refractivity contribution in [1.29, 1.82) is 0 Å². The third-order valence-corrected chi connectivity index (χ3v) is 2.21. The van der Waals surface area contributed by atoms with Crippen LogP contribution in [-0.4, -0.2) is 36.1 Å². The molecule has 1 aromatic carbocycles. The third kappa shape index (κ3) is 3.24. The number of carbonyl (C=O) groups excluding carboxylic acids is 1. The van der Waals surface area contributed by atoms with Crippen molar-refractivity contribution in [3.63, 3.8) is 0 Å². The summed E-state index contributed by atoms with van der Waals surface area (Å²) in [6, 6.07) is 7.01. The van der Waals surface area contributed by atoms with E-state index in [0.717, 1.165) is 5.56 Å². The lowest BCUT2D eigenvalue weighted by atomic mass is 10.2. The second-order valence-corrected chi connectivity index (χ2v) is 3.79. The molecule has 0 spiro atoms. The van der Waals surface area contributed by atoms with Gasteiger partial charge in [-0.05, 0) is 24.6 Å². The van der Waals surface area contributed by atoms with Crippen LogP contribution in [0.15, 0.2) is 24.3 Å². The van der Waals surface area contributed by atoms with Crippen LogP contribution < -0.4 is 4.74 Å². The van der Waals surface area contributed by atoms with Gasteiger partial charge >= 0.3 is 0 Å². The second kappa shape index (κ2) is 5.51. The van der Waals surface area contributed by atoms with E-state index in [-0.39, 0.29) is 12.5 Å². The highest BCUT2D eigenvalue weighted by molar-refractivity contribution is 5.80. The van der Waals surface area contributed by atoms with Gasteiger partial charge in [-0.2, -0.15) is 0 Å². The first-order valence-corrected chi connectivity index (χ1v) is 5.12. The zero-order chi connectivity index (χ0) is 12.1. The average Bonchev–Trinajstić information content (AvgIpc) is 2.28. The van der Waals surface area contributed by atoms with Crippen molar-refractivity contribution in [3.05, 3.63) is 29.8 Å². The fraction of sp³-hybridized carbons (Fsp3) is 0.417. The third-order valence-electron chi connectivity index (χ3n) is 2.21. The number of likely N-dealkylation sites (N-methyl/N-ethyl adjacent to an activating group) is 1. The minimum absolute atomic E-state index is 0.00641. The van der Waals surface area contributed by atoms with Crippen LogP contribution in [0, 0.1) is 0 Å². The van der Waals surface area contributed by atoms with Crippen molar-refractivity contribution in [2.75, 3.05) is 14.1 Å². The molecule has 1 amide bonds. The van der Waals surface area contributed by atoms with Crippen LogP contribution in [0.25, 0.3) is 0 Å². The highest BCUT2D eigenvalue weighted by Crippen LogP contribution is 2.14. The Balaban J connectivity index is 2.62. The summed E-state index contributed by atoms with van der Waals surface area (Å²) in [6.45, 7) is 1.72. The maximum Gasteiger partial charge on any atom is 0.262 e. The monoisotopic (exact) mass is 223 g/mol. The fourth-order valence-electron chi connectivity index (χ4n) is 1.29. The van der Waals surface area contributed by atoms with Crippen LogP contribution >= 0.6 is 0 Å². The first-order valence-electron chi connectivity index (χ1n) is 5.12. The minimum atomic E-state index is -0.505. The maximum absolute atomic E-state index is 11.5. The molecule has 4 heteroatoms. The number of aliphatic hydroxyl groups is 1. The summed E-state index contributed by atoms with van der Waals surface area (Å²) >= 11 is 0. The molecule has 0 aliphatic carbocycles. The van der Waals surface area contributed by atoms with Gasteiger partial charge in [-0.15, -0.1) is 0 Å². The smallest absolute Gasteiger partial charge is 0.262 e. The number of hydrogen-bond donors (Lipinski definition) is 1. The Bertz CT molecular complexity index is 346. The molecular weight excluding hydrogens is 206 g/mol. The SMILES string of the molecule is CC(Oc1ccc(CO)cc1)C(=O)N(C)C. The number of aliphatic hydroxyl groups excluding tert-OH is 1. The molecule has 0 aromatic heterocycles.